The number of hydrogen-bond acceptors (Lipinski definition) is 4. The van der Waals surface area contributed by atoms with Gasteiger partial charge in [0.2, 0.25) is 11.8 Å². The summed E-state index contributed by atoms with van der Waals surface area (Å²) in [5.41, 5.74) is 6.50. The van der Waals surface area contributed by atoms with Gasteiger partial charge in [0.05, 0.1) is 11.1 Å². The second-order valence-electron chi connectivity index (χ2n) is 5.79. The van der Waals surface area contributed by atoms with Gasteiger partial charge < -0.3 is 15.8 Å². The summed E-state index contributed by atoms with van der Waals surface area (Å²) in [5.74, 6) is 0.950. The average molecular weight is 368 g/mol. The first kappa shape index (κ1) is 18.5. The first-order chi connectivity index (χ1) is 11.3. The molecule has 1 aromatic carbocycles. The first-order valence-electron chi connectivity index (χ1n) is 7.50. The monoisotopic (exact) mass is 367 g/mol. The third-order valence-corrected chi connectivity index (χ3v) is 3.65. The van der Waals surface area contributed by atoms with Gasteiger partial charge in [-0.05, 0) is 42.7 Å². The molecule has 0 radical (unpaired) electrons. The molecule has 3 N–H and O–H groups in total. The standard InChI is InChI=1S/C17H19Cl2N3O2/c1-10(2)7-15(20)16(23)22-12-3-5-13(6-4-12)24-17-14(19)8-11(18)9-21-17/h3-6,8-10,15H,7,20H2,1-2H3,(H,22,23)/t15-/m0/s1. The fraction of sp³-hybridized carbons (Fsp3) is 0.294. The maximum atomic E-state index is 12.0. The number of amides is 1. The van der Waals surface area contributed by atoms with Crippen LogP contribution < -0.4 is 15.8 Å². The van der Waals surface area contributed by atoms with Crippen LogP contribution in [-0.2, 0) is 4.79 Å². The normalized spacial score (nSPS) is 12.1. The summed E-state index contributed by atoms with van der Waals surface area (Å²) in [6.07, 6.45) is 2.08. The second kappa shape index (κ2) is 8.33. The molecule has 2 aromatic rings. The van der Waals surface area contributed by atoms with Crippen LogP contribution in [-0.4, -0.2) is 16.9 Å². The zero-order chi connectivity index (χ0) is 17.7. The van der Waals surface area contributed by atoms with Crippen LogP contribution in [0.3, 0.4) is 0 Å². The predicted molar refractivity (Wildman–Crippen MR) is 96.8 cm³/mol. The van der Waals surface area contributed by atoms with E-state index in [9.17, 15) is 4.79 Å². The number of halogens is 2. The molecule has 7 heteroatoms. The summed E-state index contributed by atoms with van der Waals surface area (Å²) < 4.78 is 5.59. The van der Waals surface area contributed by atoms with Crippen molar-refractivity contribution in [3.63, 3.8) is 0 Å². The molecule has 0 aliphatic heterocycles. The number of nitrogens with two attached hydrogens (primary N) is 1. The Morgan fingerprint density at radius 2 is 1.96 bits per heavy atom. The van der Waals surface area contributed by atoms with E-state index >= 15 is 0 Å². The Morgan fingerprint density at radius 1 is 1.29 bits per heavy atom. The lowest BCUT2D eigenvalue weighted by Gasteiger charge is -2.14. The lowest BCUT2D eigenvalue weighted by atomic mass is 10.0. The van der Waals surface area contributed by atoms with E-state index in [0.717, 1.165) is 0 Å². The summed E-state index contributed by atoms with van der Waals surface area (Å²) in [7, 11) is 0. The largest absolute Gasteiger partial charge is 0.438 e. The van der Waals surface area contributed by atoms with Gasteiger partial charge in [-0.25, -0.2) is 4.98 Å². The summed E-state index contributed by atoms with van der Waals surface area (Å²) in [6, 6.07) is 7.87. The van der Waals surface area contributed by atoms with Gasteiger partial charge in [0.15, 0.2) is 0 Å². The van der Waals surface area contributed by atoms with Crippen LogP contribution >= 0.6 is 23.2 Å². The molecule has 0 aliphatic carbocycles. The molecule has 128 valence electrons. The third-order valence-electron chi connectivity index (χ3n) is 3.17. The van der Waals surface area contributed by atoms with Gasteiger partial charge >= 0.3 is 0 Å². The van der Waals surface area contributed by atoms with Crippen molar-refractivity contribution in [1.29, 1.82) is 0 Å². The van der Waals surface area contributed by atoms with E-state index in [1.54, 1.807) is 30.3 Å². The van der Waals surface area contributed by atoms with Crippen LogP contribution in [0, 0.1) is 5.92 Å². The van der Waals surface area contributed by atoms with E-state index in [2.05, 4.69) is 10.3 Å². The second-order valence-corrected chi connectivity index (χ2v) is 6.64. The molecule has 1 aromatic heterocycles. The molecule has 24 heavy (non-hydrogen) atoms. The molecule has 0 aliphatic rings. The highest BCUT2D eigenvalue weighted by Gasteiger charge is 2.15. The van der Waals surface area contributed by atoms with Gasteiger partial charge in [0.25, 0.3) is 0 Å². The SMILES string of the molecule is CC(C)C[C@H](N)C(=O)Nc1ccc(Oc2ncc(Cl)cc2Cl)cc1. The zero-order valence-electron chi connectivity index (χ0n) is 13.4. The van der Waals surface area contributed by atoms with Crippen molar-refractivity contribution in [2.45, 2.75) is 26.3 Å². The highest BCUT2D eigenvalue weighted by molar-refractivity contribution is 6.35. The van der Waals surface area contributed by atoms with E-state index in [4.69, 9.17) is 33.7 Å². The molecule has 1 atom stereocenters. The molecule has 0 bridgehead atoms. The van der Waals surface area contributed by atoms with E-state index in [1.807, 2.05) is 13.8 Å². The third kappa shape index (κ3) is 5.37. The highest BCUT2D eigenvalue weighted by Crippen LogP contribution is 2.29. The molecule has 0 saturated heterocycles. The maximum Gasteiger partial charge on any atom is 0.241 e. The Hall–Kier alpha value is -1.82. The van der Waals surface area contributed by atoms with E-state index in [0.29, 0.717) is 33.8 Å². The van der Waals surface area contributed by atoms with Gasteiger partial charge in [-0.3, -0.25) is 4.79 Å². The highest BCUT2D eigenvalue weighted by atomic mass is 35.5. The number of pyridine rings is 1. The van der Waals surface area contributed by atoms with Gasteiger partial charge in [0.1, 0.15) is 10.8 Å². The molecule has 0 saturated carbocycles. The van der Waals surface area contributed by atoms with Crippen molar-refractivity contribution in [2.24, 2.45) is 11.7 Å². The molecule has 0 spiro atoms. The van der Waals surface area contributed by atoms with Crippen LogP contribution in [0.2, 0.25) is 10.0 Å². The maximum absolute atomic E-state index is 12.0. The summed E-state index contributed by atoms with van der Waals surface area (Å²) in [4.78, 5) is 16.0. The van der Waals surface area contributed by atoms with Crippen LogP contribution in [0.1, 0.15) is 20.3 Å². The van der Waals surface area contributed by atoms with Crippen LogP contribution in [0.5, 0.6) is 11.6 Å². The zero-order valence-corrected chi connectivity index (χ0v) is 14.9. The van der Waals surface area contributed by atoms with Crippen molar-refractivity contribution in [1.82, 2.24) is 4.98 Å². The van der Waals surface area contributed by atoms with Crippen molar-refractivity contribution in [3.05, 3.63) is 46.6 Å². The first-order valence-corrected chi connectivity index (χ1v) is 8.26. The van der Waals surface area contributed by atoms with Crippen LogP contribution in [0.25, 0.3) is 0 Å². The Bertz CT molecular complexity index is 705. The van der Waals surface area contributed by atoms with E-state index < -0.39 is 6.04 Å². The molecule has 0 unspecified atom stereocenters. The molecule has 5 nitrogen and oxygen atoms in total. The number of anilines is 1. The Balaban J connectivity index is 1.99. The van der Waals surface area contributed by atoms with E-state index in [1.165, 1.54) is 6.20 Å². The van der Waals surface area contributed by atoms with Gasteiger partial charge in [-0.2, -0.15) is 0 Å². The molecular formula is C17H19Cl2N3O2. The van der Waals surface area contributed by atoms with Crippen molar-refractivity contribution >= 4 is 34.8 Å². The summed E-state index contributed by atoms with van der Waals surface area (Å²) >= 11 is 11.8. The minimum absolute atomic E-state index is 0.209. The minimum atomic E-state index is -0.530. The smallest absolute Gasteiger partial charge is 0.241 e. The Morgan fingerprint density at radius 3 is 2.54 bits per heavy atom. The number of aromatic nitrogens is 1. The van der Waals surface area contributed by atoms with Gasteiger partial charge in [0, 0.05) is 11.9 Å². The fourth-order valence-corrected chi connectivity index (χ4v) is 2.46. The number of rotatable bonds is 6. The number of carbonyl (C=O) groups excluding carboxylic acids is 1. The number of hydrogen-bond donors (Lipinski definition) is 2. The molecule has 1 heterocycles. The van der Waals surface area contributed by atoms with Crippen molar-refractivity contribution in [2.75, 3.05) is 5.32 Å². The van der Waals surface area contributed by atoms with Crippen LogP contribution in [0.15, 0.2) is 36.5 Å². The van der Waals surface area contributed by atoms with Gasteiger partial charge in [-0.1, -0.05) is 37.0 Å². The number of ether oxygens (including phenoxy) is 1. The average Bonchev–Trinajstić information content (AvgIpc) is 2.51. The van der Waals surface area contributed by atoms with Crippen molar-refractivity contribution in [3.8, 4) is 11.6 Å². The quantitative estimate of drug-likeness (QED) is 0.788. The predicted octanol–water partition coefficient (Wildman–Crippen LogP) is 4.49. The number of nitrogens with zero attached hydrogens (tertiary/aromatic N) is 1. The van der Waals surface area contributed by atoms with Gasteiger partial charge in [-0.15, -0.1) is 0 Å². The molecule has 1 amide bonds. The number of benzene rings is 1. The minimum Gasteiger partial charge on any atom is -0.438 e. The lowest BCUT2D eigenvalue weighted by molar-refractivity contribution is -0.117. The number of carbonyl (C=O) groups is 1. The lowest BCUT2D eigenvalue weighted by Crippen LogP contribution is -2.36. The van der Waals surface area contributed by atoms with Crippen molar-refractivity contribution < 1.29 is 9.53 Å². The Kier molecular flexibility index (Phi) is 6.43. The molecule has 2 rings (SSSR count). The van der Waals surface area contributed by atoms with E-state index in [-0.39, 0.29) is 11.8 Å². The molecule has 0 fully saturated rings. The van der Waals surface area contributed by atoms with Crippen LogP contribution in [0.4, 0.5) is 5.69 Å². The fourth-order valence-electron chi connectivity index (χ4n) is 2.04. The Labute approximate surface area is 151 Å². The number of nitrogens with one attached hydrogen (secondary N) is 1. The topological polar surface area (TPSA) is 77.2 Å². The summed E-state index contributed by atoms with van der Waals surface area (Å²) in [5, 5.41) is 3.53. The molecular weight excluding hydrogens is 349 g/mol. The summed E-state index contributed by atoms with van der Waals surface area (Å²) in [6.45, 7) is 4.05.